The first-order chi connectivity index (χ1) is 12.8. The minimum absolute atomic E-state index is 0.732. The van der Waals surface area contributed by atoms with E-state index in [-0.39, 0.29) is 0 Å². The second-order valence-electron chi connectivity index (χ2n) is 6.35. The van der Waals surface area contributed by atoms with Crippen LogP contribution in [0.15, 0.2) is 59.6 Å². The van der Waals surface area contributed by atoms with Gasteiger partial charge in [0.15, 0.2) is 0 Å². The average molecular weight is 377 g/mol. The van der Waals surface area contributed by atoms with Crippen LogP contribution in [0.3, 0.4) is 0 Å². The van der Waals surface area contributed by atoms with Gasteiger partial charge >= 0.3 is 0 Å². The van der Waals surface area contributed by atoms with Gasteiger partial charge in [-0.3, -0.25) is 0 Å². The molecule has 3 aromatic rings. The van der Waals surface area contributed by atoms with Crippen molar-refractivity contribution in [2.75, 3.05) is 0 Å². The largest absolute Gasteiger partial charge is 0.240 e. The van der Waals surface area contributed by atoms with Gasteiger partial charge in [0.2, 0.25) is 0 Å². The molecule has 0 fully saturated rings. The lowest BCUT2D eigenvalue weighted by Gasteiger charge is -2.13. The first-order valence-corrected chi connectivity index (χ1v) is 10.0. The minimum Gasteiger partial charge on any atom is -0.240 e. The molecule has 0 radical (unpaired) electrons. The number of hydrogen-bond donors (Lipinski definition) is 0. The molecule has 0 spiro atoms. The number of thioether (sulfide) groups is 1. The number of pyridine rings is 1. The quantitative estimate of drug-likeness (QED) is 0.519. The molecule has 4 rings (SSSR count). The molecule has 2 nitrogen and oxygen atoms in total. The number of nitriles is 1. The predicted octanol–water partition coefficient (Wildman–Crippen LogP) is 6.05. The molecule has 2 aromatic carbocycles. The minimum atomic E-state index is 0.732. The van der Waals surface area contributed by atoms with Crippen molar-refractivity contribution in [1.29, 1.82) is 5.26 Å². The van der Waals surface area contributed by atoms with Gasteiger partial charge in [0.1, 0.15) is 11.1 Å². The van der Waals surface area contributed by atoms with Crippen molar-refractivity contribution in [1.82, 2.24) is 4.98 Å². The first-order valence-electron chi connectivity index (χ1n) is 8.65. The Labute approximate surface area is 162 Å². The molecule has 1 aromatic heterocycles. The van der Waals surface area contributed by atoms with Crippen LogP contribution in [0.5, 0.6) is 0 Å². The molecule has 0 unspecified atom stereocenters. The van der Waals surface area contributed by atoms with Crippen LogP contribution in [-0.2, 0) is 18.6 Å². The summed E-state index contributed by atoms with van der Waals surface area (Å²) in [6, 6.07) is 20.5. The lowest BCUT2D eigenvalue weighted by Crippen LogP contribution is -2.00. The highest BCUT2D eigenvalue weighted by Gasteiger charge is 2.24. The zero-order valence-corrected chi connectivity index (χ0v) is 15.8. The van der Waals surface area contributed by atoms with Crippen molar-refractivity contribution >= 4 is 23.4 Å². The van der Waals surface area contributed by atoms with E-state index in [1.807, 2.05) is 36.4 Å². The maximum absolute atomic E-state index is 9.76. The number of hydrogen-bond acceptors (Lipinski definition) is 3. The Hall–Kier alpha value is -2.28. The topological polar surface area (TPSA) is 36.7 Å². The van der Waals surface area contributed by atoms with Crippen LogP contribution in [0.2, 0.25) is 5.02 Å². The van der Waals surface area contributed by atoms with E-state index in [0.29, 0.717) is 0 Å². The second kappa shape index (κ2) is 7.53. The number of benzene rings is 2. The van der Waals surface area contributed by atoms with Crippen LogP contribution in [0.4, 0.5) is 0 Å². The van der Waals surface area contributed by atoms with E-state index in [0.717, 1.165) is 57.4 Å². The van der Waals surface area contributed by atoms with Gasteiger partial charge < -0.3 is 0 Å². The Kier molecular flexibility index (Phi) is 4.97. The molecule has 0 atom stereocenters. The third kappa shape index (κ3) is 3.35. The maximum Gasteiger partial charge on any atom is 0.115 e. The number of halogens is 1. The van der Waals surface area contributed by atoms with Gasteiger partial charge in [-0.05, 0) is 48.1 Å². The summed E-state index contributed by atoms with van der Waals surface area (Å²) in [6.45, 7) is 0. The summed E-state index contributed by atoms with van der Waals surface area (Å²) in [5.41, 5.74) is 6.49. The highest BCUT2D eigenvalue weighted by molar-refractivity contribution is 7.98. The molecule has 0 N–H and O–H groups in total. The molecule has 128 valence electrons. The van der Waals surface area contributed by atoms with Gasteiger partial charge in [-0.15, -0.1) is 11.8 Å². The van der Waals surface area contributed by atoms with Crippen LogP contribution < -0.4 is 0 Å². The highest BCUT2D eigenvalue weighted by atomic mass is 35.5. The Bertz CT molecular complexity index is 993. The molecule has 1 aliphatic carbocycles. The molecule has 0 saturated heterocycles. The highest BCUT2D eigenvalue weighted by Crippen LogP contribution is 2.38. The van der Waals surface area contributed by atoms with Crippen LogP contribution in [-0.4, -0.2) is 4.98 Å². The third-order valence-corrected chi connectivity index (χ3v) is 5.94. The first kappa shape index (κ1) is 17.1. The van der Waals surface area contributed by atoms with Gasteiger partial charge in [0, 0.05) is 16.3 Å². The number of nitrogens with zero attached hydrogens (tertiary/aromatic N) is 2. The van der Waals surface area contributed by atoms with Crippen molar-refractivity contribution < 1.29 is 0 Å². The smallest absolute Gasteiger partial charge is 0.115 e. The van der Waals surface area contributed by atoms with Crippen molar-refractivity contribution in [3.63, 3.8) is 0 Å². The Morgan fingerprint density at radius 1 is 1.04 bits per heavy atom. The van der Waals surface area contributed by atoms with E-state index < -0.39 is 0 Å². The summed E-state index contributed by atoms with van der Waals surface area (Å²) in [6.07, 6.45) is 3.06. The zero-order chi connectivity index (χ0) is 17.9. The second-order valence-corrected chi connectivity index (χ2v) is 7.75. The molecule has 0 aliphatic heterocycles. The number of rotatable bonds is 4. The van der Waals surface area contributed by atoms with Crippen molar-refractivity contribution in [2.24, 2.45) is 0 Å². The van der Waals surface area contributed by atoms with E-state index in [1.165, 1.54) is 11.1 Å². The van der Waals surface area contributed by atoms with E-state index in [9.17, 15) is 5.26 Å². The standard InChI is InChI=1S/C22H17ClN2S/c23-17-9-4-6-15(12-17)14-26-22-20(13-24)18-10-5-11-19(18)21(25-22)16-7-2-1-3-8-16/h1-4,6-9,12H,5,10-11,14H2. The normalized spacial score (nSPS) is 12.6. The lowest BCUT2D eigenvalue weighted by atomic mass is 10.00. The maximum atomic E-state index is 9.76. The summed E-state index contributed by atoms with van der Waals surface area (Å²) < 4.78 is 0. The fourth-order valence-corrected chi connectivity index (χ4v) is 4.63. The number of aromatic nitrogens is 1. The van der Waals surface area contributed by atoms with E-state index in [2.05, 4.69) is 24.3 Å². The SMILES string of the molecule is N#Cc1c(SCc2cccc(Cl)c2)nc(-c2ccccc2)c2c1CCC2. The number of fused-ring (bicyclic) bond motifs is 1. The lowest BCUT2D eigenvalue weighted by molar-refractivity contribution is 0.910. The molecule has 0 amide bonds. The van der Waals surface area contributed by atoms with Crippen LogP contribution >= 0.6 is 23.4 Å². The Morgan fingerprint density at radius 3 is 2.62 bits per heavy atom. The van der Waals surface area contributed by atoms with E-state index in [1.54, 1.807) is 11.8 Å². The fourth-order valence-electron chi connectivity index (χ4n) is 3.47. The average Bonchev–Trinajstić information content (AvgIpc) is 3.16. The fraction of sp³-hybridized carbons (Fsp3) is 0.182. The van der Waals surface area contributed by atoms with Crippen molar-refractivity contribution in [3.05, 3.63) is 81.9 Å². The molecular weight excluding hydrogens is 360 g/mol. The van der Waals surface area contributed by atoms with E-state index in [4.69, 9.17) is 16.6 Å². The van der Waals surface area contributed by atoms with Gasteiger partial charge in [0.25, 0.3) is 0 Å². The van der Waals surface area contributed by atoms with Crippen LogP contribution in [0.25, 0.3) is 11.3 Å². The summed E-state index contributed by atoms with van der Waals surface area (Å²) in [4.78, 5) is 4.93. The molecule has 1 heterocycles. The molecule has 0 saturated carbocycles. The van der Waals surface area contributed by atoms with Crippen molar-refractivity contribution in [2.45, 2.75) is 30.0 Å². The predicted molar refractivity (Wildman–Crippen MR) is 107 cm³/mol. The monoisotopic (exact) mass is 376 g/mol. The summed E-state index contributed by atoms with van der Waals surface area (Å²) in [7, 11) is 0. The van der Waals surface area contributed by atoms with Gasteiger partial charge in [-0.1, -0.05) is 54.1 Å². The van der Waals surface area contributed by atoms with Gasteiger partial charge in [0.05, 0.1) is 11.3 Å². The zero-order valence-electron chi connectivity index (χ0n) is 14.2. The molecule has 0 bridgehead atoms. The third-order valence-electron chi connectivity index (χ3n) is 4.66. The summed E-state index contributed by atoms with van der Waals surface area (Å²) in [5, 5.41) is 11.3. The van der Waals surface area contributed by atoms with Gasteiger partial charge in [-0.2, -0.15) is 5.26 Å². The van der Waals surface area contributed by atoms with Crippen LogP contribution in [0.1, 0.15) is 28.7 Å². The summed E-state index contributed by atoms with van der Waals surface area (Å²) in [5.74, 6) is 0.745. The van der Waals surface area contributed by atoms with E-state index >= 15 is 0 Å². The molecule has 26 heavy (non-hydrogen) atoms. The van der Waals surface area contributed by atoms with Crippen LogP contribution in [0, 0.1) is 11.3 Å². The molecule has 1 aliphatic rings. The Morgan fingerprint density at radius 2 is 1.85 bits per heavy atom. The van der Waals surface area contributed by atoms with Gasteiger partial charge in [-0.25, -0.2) is 4.98 Å². The molecule has 4 heteroatoms. The Balaban J connectivity index is 1.75. The summed E-state index contributed by atoms with van der Waals surface area (Å²) >= 11 is 7.71. The van der Waals surface area contributed by atoms with Crippen molar-refractivity contribution in [3.8, 4) is 17.3 Å². The molecular formula is C22H17ClN2S.